The minimum absolute atomic E-state index is 0.281. The number of H-pyrrole nitrogens is 1. The summed E-state index contributed by atoms with van der Waals surface area (Å²) >= 11 is 0. The zero-order valence-corrected chi connectivity index (χ0v) is 19.6. The summed E-state index contributed by atoms with van der Waals surface area (Å²) in [5.41, 5.74) is 3.02. The summed E-state index contributed by atoms with van der Waals surface area (Å²) in [5, 5.41) is 11.1. The van der Waals surface area contributed by atoms with Gasteiger partial charge in [0, 0.05) is 41.6 Å². The Labute approximate surface area is 200 Å². The summed E-state index contributed by atoms with van der Waals surface area (Å²) in [4.78, 5) is 36.0. The molecule has 35 heavy (non-hydrogen) atoms. The molecule has 188 valence electrons. The van der Waals surface area contributed by atoms with E-state index in [0.29, 0.717) is 29.1 Å². The van der Waals surface area contributed by atoms with Crippen LogP contribution in [-0.2, 0) is 4.79 Å². The van der Waals surface area contributed by atoms with Crippen molar-refractivity contribution in [3.63, 3.8) is 0 Å². The lowest BCUT2D eigenvalue weighted by atomic mass is 10.0. The van der Waals surface area contributed by atoms with Crippen molar-refractivity contribution < 1.29 is 22.8 Å². The van der Waals surface area contributed by atoms with E-state index in [1.54, 1.807) is 38.4 Å². The molecule has 12 heteroatoms. The highest BCUT2D eigenvalue weighted by Crippen LogP contribution is 2.30. The molecular weight excluding hydrogens is 463 g/mol. The first-order chi connectivity index (χ1) is 16.6. The molecule has 0 spiro atoms. The van der Waals surface area contributed by atoms with Crippen molar-refractivity contribution in [2.75, 3.05) is 23.7 Å². The van der Waals surface area contributed by atoms with Gasteiger partial charge in [-0.25, -0.2) is 9.78 Å². The summed E-state index contributed by atoms with van der Waals surface area (Å²) in [5.74, 6) is -1.03. The summed E-state index contributed by atoms with van der Waals surface area (Å²) in [6.45, 7) is 4.57. The highest BCUT2D eigenvalue weighted by Gasteiger charge is 2.30. The fraction of sp³-hybridized carbons (Fsp3) is 0.391. The SMILES string of the molecule is CCCNC(=O)Nc1cnc2[nH]cc(-c3cncc(NC(C(=O)NCC(F)(F)F)C(C)C)c3)c2c1. The summed E-state index contributed by atoms with van der Waals surface area (Å²) in [7, 11) is 0. The molecule has 0 aromatic carbocycles. The highest BCUT2D eigenvalue weighted by atomic mass is 19.4. The molecule has 0 saturated carbocycles. The Bertz CT molecular complexity index is 1180. The van der Waals surface area contributed by atoms with Crippen molar-refractivity contribution in [2.45, 2.75) is 39.4 Å². The van der Waals surface area contributed by atoms with Crippen LogP contribution in [0, 0.1) is 5.92 Å². The minimum Gasteiger partial charge on any atom is -0.372 e. The van der Waals surface area contributed by atoms with E-state index >= 15 is 0 Å². The number of aromatic nitrogens is 3. The predicted octanol–water partition coefficient (Wildman–Crippen LogP) is 4.27. The lowest BCUT2D eigenvalue weighted by Gasteiger charge is -2.23. The Morgan fingerprint density at radius 2 is 1.86 bits per heavy atom. The lowest BCUT2D eigenvalue weighted by molar-refractivity contribution is -0.139. The zero-order valence-electron chi connectivity index (χ0n) is 19.6. The summed E-state index contributed by atoms with van der Waals surface area (Å²) in [6.07, 6.45) is 2.72. The monoisotopic (exact) mass is 491 g/mol. The van der Waals surface area contributed by atoms with Gasteiger partial charge >= 0.3 is 12.2 Å². The standard InChI is InChI=1S/C23H28F3N7O2/c1-4-5-28-22(35)33-16-7-17-18(11-30-20(17)29-10-16)14-6-15(9-27-8-14)32-19(13(2)3)21(34)31-12-23(24,25)26/h6-11,13,19,32H,4-5,12H2,1-3H3,(H,29,30)(H,31,34)(H2,28,33,35). The first-order valence-electron chi connectivity index (χ1n) is 11.2. The lowest BCUT2D eigenvalue weighted by Crippen LogP contribution is -2.46. The molecule has 1 unspecified atom stereocenters. The number of pyridine rings is 2. The van der Waals surface area contributed by atoms with Gasteiger partial charge in [-0.3, -0.25) is 9.78 Å². The van der Waals surface area contributed by atoms with Crippen LogP contribution in [0.4, 0.5) is 29.3 Å². The van der Waals surface area contributed by atoms with Gasteiger partial charge in [-0.2, -0.15) is 13.2 Å². The van der Waals surface area contributed by atoms with E-state index in [2.05, 4.69) is 30.9 Å². The number of urea groups is 1. The van der Waals surface area contributed by atoms with E-state index in [0.717, 1.165) is 17.4 Å². The van der Waals surface area contributed by atoms with Crippen LogP contribution in [0.5, 0.6) is 0 Å². The maximum absolute atomic E-state index is 12.5. The van der Waals surface area contributed by atoms with Crippen LogP contribution in [0.1, 0.15) is 27.2 Å². The topological polar surface area (TPSA) is 124 Å². The molecule has 9 nitrogen and oxygen atoms in total. The van der Waals surface area contributed by atoms with Crippen LogP contribution in [-0.4, -0.2) is 52.2 Å². The largest absolute Gasteiger partial charge is 0.405 e. The Balaban J connectivity index is 1.82. The number of nitrogens with one attached hydrogen (secondary N) is 5. The van der Waals surface area contributed by atoms with Gasteiger partial charge in [-0.05, 0) is 24.5 Å². The number of halogens is 3. The van der Waals surface area contributed by atoms with E-state index in [4.69, 9.17) is 0 Å². The molecule has 0 saturated heterocycles. The minimum atomic E-state index is -4.49. The molecule has 0 aliphatic carbocycles. The second-order valence-electron chi connectivity index (χ2n) is 8.36. The molecular formula is C23H28F3N7O2. The predicted molar refractivity (Wildman–Crippen MR) is 128 cm³/mol. The van der Waals surface area contributed by atoms with Crippen molar-refractivity contribution in [3.05, 3.63) is 36.9 Å². The number of carbonyl (C=O) groups excluding carboxylic acids is 2. The number of amides is 3. The fourth-order valence-electron chi connectivity index (χ4n) is 3.40. The van der Waals surface area contributed by atoms with Crippen molar-refractivity contribution in [2.24, 2.45) is 5.92 Å². The second kappa shape index (κ2) is 11.1. The summed E-state index contributed by atoms with van der Waals surface area (Å²) < 4.78 is 37.6. The quantitative estimate of drug-likeness (QED) is 0.306. The molecule has 3 rings (SSSR count). The van der Waals surface area contributed by atoms with Crippen molar-refractivity contribution in [1.82, 2.24) is 25.6 Å². The molecule has 0 aliphatic rings. The van der Waals surface area contributed by atoms with Gasteiger partial charge in [0.25, 0.3) is 0 Å². The second-order valence-corrected chi connectivity index (χ2v) is 8.36. The van der Waals surface area contributed by atoms with Gasteiger partial charge in [-0.15, -0.1) is 0 Å². The molecule has 0 aliphatic heterocycles. The molecule has 3 aromatic heterocycles. The maximum Gasteiger partial charge on any atom is 0.405 e. The van der Waals surface area contributed by atoms with Gasteiger partial charge in [0.15, 0.2) is 0 Å². The third kappa shape index (κ3) is 7.08. The third-order valence-electron chi connectivity index (χ3n) is 5.11. The number of hydrogen-bond donors (Lipinski definition) is 5. The fourth-order valence-corrected chi connectivity index (χ4v) is 3.40. The molecule has 5 N–H and O–H groups in total. The van der Waals surface area contributed by atoms with Crippen LogP contribution in [0.15, 0.2) is 36.9 Å². The van der Waals surface area contributed by atoms with E-state index in [1.165, 1.54) is 12.4 Å². The van der Waals surface area contributed by atoms with Crippen molar-refractivity contribution >= 4 is 34.3 Å². The number of alkyl halides is 3. The van der Waals surface area contributed by atoms with Crippen LogP contribution in [0.25, 0.3) is 22.2 Å². The number of rotatable bonds is 9. The molecule has 1 atom stereocenters. The highest BCUT2D eigenvalue weighted by molar-refractivity contribution is 5.98. The van der Waals surface area contributed by atoms with Gasteiger partial charge in [-0.1, -0.05) is 20.8 Å². The number of aromatic amines is 1. The molecule has 3 aromatic rings. The van der Waals surface area contributed by atoms with E-state index in [9.17, 15) is 22.8 Å². The van der Waals surface area contributed by atoms with Gasteiger partial charge in [0.2, 0.25) is 5.91 Å². The Morgan fingerprint density at radius 3 is 2.54 bits per heavy atom. The zero-order chi connectivity index (χ0) is 25.6. The van der Waals surface area contributed by atoms with Crippen molar-refractivity contribution in [1.29, 1.82) is 0 Å². The van der Waals surface area contributed by atoms with Crippen LogP contribution in [0.3, 0.4) is 0 Å². The molecule has 3 heterocycles. The normalized spacial score (nSPS) is 12.4. The molecule has 0 radical (unpaired) electrons. The summed E-state index contributed by atoms with van der Waals surface area (Å²) in [6, 6.07) is 2.30. The number of anilines is 2. The number of carbonyl (C=O) groups is 2. The van der Waals surface area contributed by atoms with E-state index in [-0.39, 0.29) is 11.9 Å². The number of hydrogen-bond acceptors (Lipinski definition) is 5. The van der Waals surface area contributed by atoms with Gasteiger partial charge < -0.3 is 26.3 Å². The smallest absolute Gasteiger partial charge is 0.372 e. The van der Waals surface area contributed by atoms with Crippen LogP contribution >= 0.6 is 0 Å². The Morgan fingerprint density at radius 1 is 1.09 bits per heavy atom. The molecule has 0 bridgehead atoms. The van der Waals surface area contributed by atoms with Crippen LogP contribution < -0.4 is 21.3 Å². The number of fused-ring (bicyclic) bond motifs is 1. The number of nitrogens with zero attached hydrogens (tertiary/aromatic N) is 2. The van der Waals surface area contributed by atoms with Gasteiger partial charge in [0.1, 0.15) is 18.2 Å². The maximum atomic E-state index is 12.5. The Hall–Kier alpha value is -3.83. The average molecular weight is 492 g/mol. The van der Waals surface area contributed by atoms with Crippen LogP contribution in [0.2, 0.25) is 0 Å². The molecule has 3 amide bonds. The first-order valence-corrected chi connectivity index (χ1v) is 11.2. The van der Waals surface area contributed by atoms with E-state index < -0.39 is 24.7 Å². The average Bonchev–Trinajstić information content (AvgIpc) is 3.22. The van der Waals surface area contributed by atoms with E-state index in [1.807, 2.05) is 12.2 Å². The third-order valence-corrected chi connectivity index (χ3v) is 5.11. The van der Waals surface area contributed by atoms with Gasteiger partial charge in [0.05, 0.1) is 17.6 Å². The molecule has 0 fully saturated rings. The Kier molecular flexibility index (Phi) is 8.15. The van der Waals surface area contributed by atoms with Crippen molar-refractivity contribution in [3.8, 4) is 11.1 Å². The first kappa shape index (κ1) is 25.8.